The molecule has 0 radical (unpaired) electrons. The first kappa shape index (κ1) is 14.4. The van der Waals surface area contributed by atoms with Crippen LogP contribution in [0.3, 0.4) is 0 Å². The van der Waals surface area contributed by atoms with Crippen molar-refractivity contribution in [2.45, 2.75) is 44.4 Å². The first-order valence-corrected chi connectivity index (χ1v) is 7.36. The highest BCUT2D eigenvalue weighted by atomic mass is 35.5. The van der Waals surface area contributed by atoms with Crippen molar-refractivity contribution in [3.05, 3.63) is 35.4 Å². The molecule has 1 atom stereocenters. The van der Waals surface area contributed by atoms with Crippen LogP contribution >= 0.6 is 11.6 Å². The summed E-state index contributed by atoms with van der Waals surface area (Å²) < 4.78 is 0. The maximum atomic E-state index is 12.2. The number of hydrogen-bond donors (Lipinski definition) is 0. The Bertz CT molecular complexity index is 441. The van der Waals surface area contributed by atoms with E-state index in [4.69, 9.17) is 11.6 Å². The molecule has 1 aliphatic heterocycles. The molecule has 0 aliphatic carbocycles. The van der Waals surface area contributed by atoms with Gasteiger partial charge in [-0.3, -0.25) is 4.79 Å². The van der Waals surface area contributed by atoms with Crippen LogP contribution in [-0.4, -0.2) is 23.9 Å². The van der Waals surface area contributed by atoms with E-state index < -0.39 is 5.38 Å². The average molecular weight is 280 g/mol. The van der Waals surface area contributed by atoms with Crippen molar-refractivity contribution in [3.63, 3.8) is 0 Å². The number of rotatable bonds is 2. The zero-order valence-corrected chi connectivity index (χ0v) is 12.7. The topological polar surface area (TPSA) is 20.3 Å². The summed E-state index contributed by atoms with van der Waals surface area (Å²) >= 11 is 6.31. The van der Waals surface area contributed by atoms with Crippen LogP contribution in [0.4, 0.5) is 0 Å². The molecule has 2 nitrogen and oxygen atoms in total. The van der Waals surface area contributed by atoms with Gasteiger partial charge in [0.25, 0.3) is 0 Å². The van der Waals surface area contributed by atoms with Gasteiger partial charge < -0.3 is 4.90 Å². The molecule has 0 bridgehead atoms. The van der Waals surface area contributed by atoms with Crippen molar-refractivity contribution in [3.8, 4) is 0 Å². The number of benzene rings is 1. The molecule has 1 unspecified atom stereocenters. The molecule has 1 amide bonds. The molecular formula is C16H22ClNO. The molecule has 3 heteroatoms. The van der Waals surface area contributed by atoms with Crippen molar-refractivity contribution in [1.29, 1.82) is 0 Å². The summed E-state index contributed by atoms with van der Waals surface area (Å²) in [7, 11) is 0. The van der Waals surface area contributed by atoms with Gasteiger partial charge in [0, 0.05) is 13.1 Å². The van der Waals surface area contributed by atoms with Crippen LogP contribution in [0.1, 0.15) is 50.1 Å². The average Bonchev–Trinajstić information content (AvgIpc) is 2.90. The largest absolute Gasteiger partial charge is 0.341 e. The number of amides is 1. The minimum absolute atomic E-state index is 0.0441. The van der Waals surface area contributed by atoms with E-state index in [0.29, 0.717) is 0 Å². The highest BCUT2D eigenvalue weighted by molar-refractivity contribution is 6.30. The summed E-state index contributed by atoms with van der Waals surface area (Å²) in [5.41, 5.74) is 2.28. The number of alkyl halides is 1. The maximum absolute atomic E-state index is 12.2. The van der Waals surface area contributed by atoms with Crippen molar-refractivity contribution in [1.82, 2.24) is 4.90 Å². The molecule has 104 valence electrons. The molecule has 19 heavy (non-hydrogen) atoms. The quantitative estimate of drug-likeness (QED) is 0.752. The van der Waals surface area contributed by atoms with Gasteiger partial charge in [-0.25, -0.2) is 0 Å². The molecule has 1 aliphatic rings. The predicted molar refractivity (Wildman–Crippen MR) is 79.6 cm³/mol. The van der Waals surface area contributed by atoms with E-state index in [1.165, 1.54) is 5.56 Å². The second-order valence-electron chi connectivity index (χ2n) is 6.27. The van der Waals surface area contributed by atoms with Gasteiger partial charge in [0.1, 0.15) is 5.38 Å². The van der Waals surface area contributed by atoms with Gasteiger partial charge in [0.15, 0.2) is 0 Å². The minimum Gasteiger partial charge on any atom is -0.341 e. The van der Waals surface area contributed by atoms with Gasteiger partial charge in [0.2, 0.25) is 5.91 Å². The lowest BCUT2D eigenvalue weighted by atomic mass is 9.86. The number of likely N-dealkylation sites (tertiary alicyclic amines) is 1. The number of halogens is 1. The number of nitrogens with zero attached hydrogens (tertiary/aromatic N) is 1. The Kier molecular flexibility index (Phi) is 4.19. The Hall–Kier alpha value is -1.02. The van der Waals surface area contributed by atoms with Gasteiger partial charge in [-0.15, -0.1) is 11.6 Å². The molecule has 0 aromatic heterocycles. The molecule has 0 N–H and O–H groups in total. The van der Waals surface area contributed by atoms with Crippen LogP contribution in [0, 0.1) is 0 Å². The molecule has 0 saturated carbocycles. The molecule has 2 rings (SSSR count). The lowest BCUT2D eigenvalue weighted by Crippen LogP contribution is -2.30. The van der Waals surface area contributed by atoms with Gasteiger partial charge in [-0.1, -0.05) is 45.0 Å². The Morgan fingerprint density at radius 2 is 1.68 bits per heavy atom. The second-order valence-corrected chi connectivity index (χ2v) is 6.70. The third-order valence-corrected chi connectivity index (χ3v) is 4.14. The van der Waals surface area contributed by atoms with E-state index >= 15 is 0 Å². The fraction of sp³-hybridized carbons (Fsp3) is 0.562. The van der Waals surface area contributed by atoms with E-state index in [0.717, 1.165) is 31.5 Å². The highest BCUT2D eigenvalue weighted by Crippen LogP contribution is 2.28. The Morgan fingerprint density at radius 3 is 2.16 bits per heavy atom. The van der Waals surface area contributed by atoms with Gasteiger partial charge >= 0.3 is 0 Å². The van der Waals surface area contributed by atoms with Crippen LogP contribution in [-0.2, 0) is 10.2 Å². The second kappa shape index (κ2) is 5.54. The molecule has 1 aromatic rings. The van der Waals surface area contributed by atoms with Crippen molar-refractivity contribution < 1.29 is 4.79 Å². The summed E-state index contributed by atoms with van der Waals surface area (Å²) in [6.45, 7) is 8.23. The van der Waals surface area contributed by atoms with Gasteiger partial charge in [0.05, 0.1) is 0 Å². The van der Waals surface area contributed by atoms with E-state index in [1.54, 1.807) is 0 Å². The van der Waals surface area contributed by atoms with Crippen LogP contribution in [0.15, 0.2) is 24.3 Å². The van der Waals surface area contributed by atoms with E-state index in [-0.39, 0.29) is 11.3 Å². The minimum atomic E-state index is -0.549. The molecular weight excluding hydrogens is 258 g/mol. The molecule has 1 heterocycles. The first-order chi connectivity index (χ1) is 8.89. The highest BCUT2D eigenvalue weighted by Gasteiger charge is 2.26. The van der Waals surface area contributed by atoms with Crippen molar-refractivity contribution in [2.24, 2.45) is 0 Å². The standard InChI is InChI=1S/C16H22ClNO/c1-16(2,3)13-8-6-12(7-9-13)14(17)15(19)18-10-4-5-11-18/h6-9,14H,4-5,10-11H2,1-3H3. The monoisotopic (exact) mass is 279 g/mol. The molecule has 1 saturated heterocycles. The summed E-state index contributed by atoms with van der Waals surface area (Å²) in [5.74, 6) is 0.0441. The Morgan fingerprint density at radius 1 is 1.16 bits per heavy atom. The van der Waals surface area contributed by atoms with Crippen LogP contribution < -0.4 is 0 Å². The van der Waals surface area contributed by atoms with Gasteiger partial charge in [-0.05, 0) is 29.4 Å². The number of hydrogen-bond acceptors (Lipinski definition) is 1. The van der Waals surface area contributed by atoms with Crippen molar-refractivity contribution in [2.75, 3.05) is 13.1 Å². The third-order valence-electron chi connectivity index (χ3n) is 3.70. The maximum Gasteiger partial charge on any atom is 0.245 e. The fourth-order valence-corrected chi connectivity index (χ4v) is 2.68. The van der Waals surface area contributed by atoms with E-state index in [9.17, 15) is 4.79 Å². The third kappa shape index (κ3) is 3.30. The molecule has 1 aromatic carbocycles. The first-order valence-electron chi connectivity index (χ1n) is 6.93. The lowest BCUT2D eigenvalue weighted by Gasteiger charge is -2.21. The summed E-state index contributed by atoms with van der Waals surface area (Å²) in [5, 5.41) is -0.549. The number of carbonyl (C=O) groups excluding carboxylic acids is 1. The summed E-state index contributed by atoms with van der Waals surface area (Å²) in [6.07, 6.45) is 2.19. The zero-order valence-electron chi connectivity index (χ0n) is 11.9. The Balaban J connectivity index is 2.11. The van der Waals surface area contributed by atoms with Crippen LogP contribution in [0.2, 0.25) is 0 Å². The number of carbonyl (C=O) groups is 1. The van der Waals surface area contributed by atoms with Crippen LogP contribution in [0.5, 0.6) is 0 Å². The van der Waals surface area contributed by atoms with E-state index in [2.05, 4.69) is 32.9 Å². The molecule has 0 spiro atoms. The zero-order chi connectivity index (χ0) is 14.0. The summed E-state index contributed by atoms with van der Waals surface area (Å²) in [6, 6.07) is 8.10. The van der Waals surface area contributed by atoms with Gasteiger partial charge in [-0.2, -0.15) is 0 Å². The lowest BCUT2D eigenvalue weighted by molar-refractivity contribution is -0.129. The fourth-order valence-electron chi connectivity index (χ4n) is 2.39. The predicted octanol–water partition coefficient (Wildman–Crippen LogP) is 3.89. The smallest absolute Gasteiger partial charge is 0.245 e. The van der Waals surface area contributed by atoms with E-state index in [1.807, 2.05) is 17.0 Å². The van der Waals surface area contributed by atoms with Crippen molar-refractivity contribution >= 4 is 17.5 Å². The SMILES string of the molecule is CC(C)(C)c1ccc(C(Cl)C(=O)N2CCCC2)cc1. The normalized spacial score (nSPS) is 17.6. The Labute approximate surface area is 120 Å². The molecule has 1 fully saturated rings. The van der Waals surface area contributed by atoms with Crippen LogP contribution in [0.25, 0.3) is 0 Å². The summed E-state index contributed by atoms with van der Waals surface area (Å²) in [4.78, 5) is 14.1.